The van der Waals surface area contributed by atoms with Crippen LogP contribution in [-0.2, 0) is 0 Å². The van der Waals surface area contributed by atoms with Crippen molar-refractivity contribution in [1.82, 2.24) is 0 Å². The minimum atomic E-state index is 0.639. The van der Waals surface area contributed by atoms with Crippen LogP contribution >= 0.6 is 23.2 Å². The summed E-state index contributed by atoms with van der Waals surface area (Å²) in [7, 11) is 0. The molecule has 0 saturated carbocycles. The summed E-state index contributed by atoms with van der Waals surface area (Å²) in [5.74, 6) is 0. The fourth-order valence-corrected chi connectivity index (χ4v) is 0. The van der Waals surface area contributed by atoms with Crippen LogP contribution in [0.3, 0.4) is 0 Å². The molecule has 0 saturated heterocycles. The zero-order chi connectivity index (χ0) is 6.99. The molecule has 48 valence electrons. The van der Waals surface area contributed by atoms with Crippen LogP contribution in [0.1, 0.15) is 13.8 Å². The summed E-state index contributed by atoms with van der Waals surface area (Å²) in [6.45, 7) is 6.93. The standard InChI is InChI=1S/2C3H5Cl/c1-3(2)4;1-2-3-4/h1H2,2H3;2-3H,1H3. The predicted molar refractivity (Wildman–Crippen MR) is 41.3 cm³/mol. The van der Waals surface area contributed by atoms with Crippen molar-refractivity contribution in [3.05, 3.63) is 23.2 Å². The molecule has 2 heteroatoms. The normalized spacial score (nSPS) is 8.00. The first-order valence-electron chi connectivity index (χ1n) is 2.17. The monoisotopic (exact) mass is 152 g/mol. The van der Waals surface area contributed by atoms with Crippen LogP contribution in [0.15, 0.2) is 23.2 Å². The van der Waals surface area contributed by atoms with Gasteiger partial charge in [0.25, 0.3) is 0 Å². The van der Waals surface area contributed by atoms with Crippen LogP contribution in [0.5, 0.6) is 0 Å². The highest BCUT2D eigenvalue weighted by atomic mass is 35.5. The molecule has 0 aliphatic rings. The molecule has 0 rings (SSSR count). The topological polar surface area (TPSA) is 0 Å². The Morgan fingerprint density at radius 1 is 1.62 bits per heavy atom. The summed E-state index contributed by atoms with van der Waals surface area (Å²) in [6.07, 6.45) is 1.77. The van der Waals surface area contributed by atoms with E-state index in [1.165, 1.54) is 5.54 Å². The van der Waals surface area contributed by atoms with E-state index in [0.29, 0.717) is 5.03 Å². The number of rotatable bonds is 0. The third-order valence-electron chi connectivity index (χ3n) is 0.126. The summed E-state index contributed by atoms with van der Waals surface area (Å²) in [6, 6.07) is 0. The Kier molecular flexibility index (Phi) is 13.8. The first kappa shape index (κ1) is 10.9. The molecule has 0 heterocycles. The van der Waals surface area contributed by atoms with Crippen LogP contribution in [0.2, 0.25) is 0 Å². The molecule has 0 N–H and O–H groups in total. The van der Waals surface area contributed by atoms with Crippen molar-refractivity contribution in [2.75, 3.05) is 0 Å². The molecule has 0 spiro atoms. The molecule has 0 bridgehead atoms. The Bertz CT molecular complexity index is 66.6. The fourth-order valence-electron chi connectivity index (χ4n) is 0. The summed E-state index contributed by atoms with van der Waals surface area (Å²) < 4.78 is 0. The Labute approximate surface area is 60.8 Å². The largest absolute Gasteiger partial charge is 0.0933 e. The molecule has 0 aliphatic carbocycles. The summed E-state index contributed by atoms with van der Waals surface area (Å²) in [5.41, 5.74) is 1.47. The highest BCUT2D eigenvalue weighted by Crippen LogP contribution is 1.87. The lowest BCUT2D eigenvalue weighted by Crippen LogP contribution is -1.34. The summed E-state index contributed by atoms with van der Waals surface area (Å²) >= 11 is 10.1. The Morgan fingerprint density at radius 3 is 1.75 bits per heavy atom. The maximum absolute atomic E-state index is 5.08. The van der Waals surface area contributed by atoms with E-state index in [-0.39, 0.29) is 0 Å². The molecule has 0 amide bonds. The second-order valence-electron chi connectivity index (χ2n) is 1.14. The van der Waals surface area contributed by atoms with Crippen LogP contribution in [0.4, 0.5) is 0 Å². The Balaban J connectivity index is 0. The van der Waals surface area contributed by atoms with E-state index >= 15 is 0 Å². The van der Waals surface area contributed by atoms with Crippen LogP contribution in [-0.4, -0.2) is 0 Å². The number of hydrogen-bond donors (Lipinski definition) is 0. The van der Waals surface area contributed by atoms with Gasteiger partial charge in [0.1, 0.15) is 0 Å². The SMILES string of the molecule is C=C(C)Cl.CC=CCl. The second kappa shape index (κ2) is 10.1. The van der Waals surface area contributed by atoms with E-state index in [1.807, 2.05) is 6.92 Å². The van der Waals surface area contributed by atoms with Gasteiger partial charge in [-0.05, 0) is 19.4 Å². The average Bonchev–Trinajstić information content (AvgIpc) is 1.65. The van der Waals surface area contributed by atoms with Crippen molar-refractivity contribution in [3.63, 3.8) is 0 Å². The van der Waals surface area contributed by atoms with Gasteiger partial charge in [-0.15, -0.1) is 0 Å². The summed E-state index contributed by atoms with van der Waals surface area (Å²) in [5, 5.41) is 0.639. The first-order valence-corrected chi connectivity index (χ1v) is 2.99. The minimum absolute atomic E-state index is 0.639. The number of hydrogen-bond acceptors (Lipinski definition) is 0. The van der Waals surface area contributed by atoms with E-state index < -0.39 is 0 Å². The third-order valence-corrected chi connectivity index (χ3v) is 0.378. The maximum atomic E-state index is 5.08. The van der Waals surface area contributed by atoms with Crippen LogP contribution < -0.4 is 0 Å². The van der Waals surface area contributed by atoms with E-state index in [1.54, 1.807) is 13.0 Å². The van der Waals surface area contributed by atoms with E-state index in [2.05, 4.69) is 6.58 Å². The van der Waals surface area contributed by atoms with Gasteiger partial charge in [-0.25, -0.2) is 0 Å². The number of halogens is 2. The zero-order valence-electron chi connectivity index (χ0n) is 5.12. The highest BCUT2D eigenvalue weighted by molar-refractivity contribution is 6.28. The minimum Gasteiger partial charge on any atom is -0.0933 e. The molecule has 0 unspecified atom stereocenters. The molecule has 0 fully saturated rings. The molecule has 0 aromatic carbocycles. The van der Waals surface area contributed by atoms with E-state index in [0.717, 1.165) is 0 Å². The third kappa shape index (κ3) is 138. The molecule has 0 aromatic rings. The zero-order valence-corrected chi connectivity index (χ0v) is 6.63. The molecular formula is C6H10Cl2. The van der Waals surface area contributed by atoms with Gasteiger partial charge in [-0.1, -0.05) is 35.9 Å². The van der Waals surface area contributed by atoms with Gasteiger partial charge in [0.2, 0.25) is 0 Å². The lowest BCUT2D eigenvalue weighted by atomic mass is 10.8. The molecule has 0 nitrogen and oxygen atoms in total. The van der Waals surface area contributed by atoms with Crippen molar-refractivity contribution >= 4 is 23.2 Å². The second-order valence-corrected chi connectivity index (χ2v) is 2.03. The van der Waals surface area contributed by atoms with Crippen LogP contribution in [0, 0.1) is 0 Å². The fraction of sp³-hybridized carbons (Fsp3) is 0.333. The van der Waals surface area contributed by atoms with E-state index in [9.17, 15) is 0 Å². The lowest BCUT2D eigenvalue weighted by molar-refractivity contribution is 1.72. The van der Waals surface area contributed by atoms with Gasteiger partial charge < -0.3 is 0 Å². The molecule has 0 radical (unpaired) electrons. The van der Waals surface area contributed by atoms with Crippen molar-refractivity contribution in [3.8, 4) is 0 Å². The molecular weight excluding hydrogens is 143 g/mol. The molecule has 0 aromatic heterocycles. The van der Waals surface area contributed by atoms with Gasteiger partial charge in [-0.2, -0.15) is 0 Å². The predicted octanol–water partition coefficient (Wildman–Crippen LogP) is 3.52. The van der Waals surface area contributed by atoms with Gasteiger partial charge in [0.15, 0.2) is 0 Å². The molecule has 0 atom stereocenters. The van der Waals surface area contributed by atoms with Gasteiger partial charge >= 0.3 is 0 Å². The van der Waals surface area contributed by atoms with E-state index in [4.69, 9.17) is 23.2 Å². The summed E-state index contributed by atoms with van der Waals surface area (Å²) in [4.78, 5) is 0. The first-order chi connectivity index (χ1) is 3.65. The van der Waals surface area contributed by atoms with Gasteiger partial charge in [-0.3, -0.25) is 0 Å². The van der Waals surface area contributed by atoms with Crippen molar-refractivity contribution < 1.29 is 0 Å². The molecule has 0 aliphatic heterocycles. The highest BCUT2D eigenvalue weighted by Gasteiger charge is 1.55. The smallest absolute Gasteiger partial charge is 0.00778 e. The number of allylic oxidation sites excluding steroid dienone is 2. The molecule has 8 heavy (non-hydrogen) atoms. The lowest BCUT2D eigenvalue weighted by Gasteiger charge is -1.61. The maximum Gasteiger partial charge on any atom is 0.00778 e. The quantitative estimate of drug-likeness (QED) is 0.499. The van der Waals surface area contributed by atoms with Gasteiger partial charge in [0.05, 0.1) is 0 Å². The average molecular weight is 153 g/mol. The Hall–Kier alpha value is 0.0600. The van der Waals surface area contributed by atoms with Gasteiger partial charge in [0, 0.05) is 5.03 Å². The van der Waals surface area contributed by atoms with Crippen molar-refractivity contribution in [2.45, 2.75) is 13.8 Å². The Morgan fingerprint density at radius 2 is 1.75 bits per heavy atom. The van der Waals surface area contributed by atoms with Crippen molar-refractivity contribution in [1.29, 1.82) is 0 Å². The van der Waals surface area contributed by atoms with Crippen LogP contribution in [0.25, 0.3) is 0 Å². The van der Waals surface area contributed by atoms with Crippen molar-refractivity contribution in [2.24, 2.45) is 0 Å².